The highest BCUT2D eigenvalue weighted by Crippen LogP contribution is 2.27. The summed E-state index contributed by atoms with van der Waals surface area (Å²) in [6, 6.07) is 15.3. The molecule has 150 valence electrons. The predicted octanol–water partition coefficient (Wildman–Crippen LogP) is 3.01. The number of amides is 1. The molecule has 1 aliphatic rings. The standard InChI is InChI=1S/C21H27N3O4/c1-27-18-9-7-17(8-10-18)23-14-11-22(12-15-23)13-16-24(21(25)26)19-5-3-4-6-20(19)28-2/h3-10H,11-16H2,1-2H3,(H,25,26). The molecule has 7 heteroatoms. The first-order valence-corrected chi connectivity index (χ1v) is 9.37. The highest BCUT2D eigenvalue weighted by Gasteiger charge is 2.22. The van der Waals surface area contributed by atoms with Crippen LogP contribution in [-0.2, 0) is 0 Å². The van der Waals surface area contributed by atoms with Crippen molar-refractivity contribution in [3.8, 4) is 11.5 Å². The maximum atomic E-state index is 11.8. The predicted molar refractivity (Wildman–Crippen MR) is 110 cm³/mol. The van der Waals surface area contributed by atoms with Gasteiger partial charge in [-0.05, 0) is 36.4 Å². The summed E-state index contributed by atoms with van der Waals surface area (Å²) in [6.07, 6.45) is -0.971. The second-order valence-corrected chi connectivity index (χ2v) is 6.63. The third-order valence-electron chi connectivity index (χ3n) is 5.06. The molecular formula is C21H27N3O4. The van der Waals surface area contributed by atoms with E-state index in [0.29, 0.717) is 24.5 Å². The van der Waals surface area contributed by atoms with Gasteiger partial charge in [-0.1, -0.05) is 12.1 Å². The molecule has 28 heavy (non-hydrogen) atoms. The second-order valence-electron chi connectivity index (χ2n) is 6.63. The van der Waals surface area contributed by atoms with Crippen molar-refractivity contribution >= 4 is 17.5 Å². The molecule has 1 N–H and O–H groups in total. The first-order valence-electron chi connectivity index (χ1n) is 9.37. The Balaban J connectivity index is 1.55. The van der Waals surface area contributed by atoms with Gasteiger partial charge in [0.1, 0.15) is 11.5 Å². The zero-order chi connectivity index (χ0) is 19.9. The summed E-state index contributed by atoms with van der Waals surface area (Å²) >= 11 is 0. The van der Waals surface area contributed by atoms with Gasteiger partial charge in [0, 0.05) is 45.0 Å². The highest BCUT2D eigenvalue weighted by atomic mass is 16.5. The number of para-hydroxylation sites is 2. The molecule has 1 saturated heterocycles. The number of rotatable bonds is 7. The van der Waals surface area contributed by atoms with Crippen LogP contribution in [0.4, 0.5) is 16.2 Å². The smallest absolute Gasteiger partial charge is 0.411 e. The van der Waals surface area contributed by atoms with Gasteiger partial charge >= 0.3 is 6.09 Å². The van der Waals surface area contributed by atoms with Crippen LogP contribution in [0.2, 0.25) is 0 Å². The average molecular weight is 385 g/mol. The molecule has 7 nitrogen and oxygen atoms in total. The lowest BCUT2D eigenvalue weighted by Gasteiger charge is -2.36. The van der Waals surface area contributed by atoms with Crippen LogP contribution in [-0.4, -0.2) is 69.6 Å². The van der Waals surface area contributed by atoms with Crippen LogP contribution in [0, 0.1) is 0 Å². The van der Waals surface area contributed by atoms with Gasteiger partial charge < -0.3 is 19.5 Å². The first-order chi connectivity index (χ1) is 13.6. The topological polar surface area (TPSA) is 65.5 Å². The number of carbonyl (C=O) groups is 1. The van der Waals surface area contributed by atoms with Crippen molar-refractivity contribution in [2.45, 2.75) is 0 Å². The Labute approximate surface area is 165 Å². The molecule has 1 amide bonds. The van der Waals surface area contributed by atoms with Gasteiger partial charge in [0.05, 0.1) is 19.9 Å². The number of piperazine rings is 1. The summed E-state index contributed by atoms with van der Waals surface area (Å²) in [5, 5.41) is 9.64. The van der Waals surface area contributed by atoms with Crippen molar-refractivity contribution < 1.29 is 19.4 Å². The lowest BCUT2D eigenvalue weighted by Crippen LogP contribution is -2.49. The fourth-order valence-electron chi connectivity index (χ4n) is 3.44. The molecule has 0 saturated carbocycles. The lowest BCUT2D eigenvalue weighted by molar-refractivity contribution is 0.198. The Kier molecular flexibility index (Phi) is 6.60. The van der Waals surface area contributed by atoms with Crippen LogP contribution >= 0.6 is 0 Å². The lowest BCUT2D eigenvalue weighted by atomic mass is 10.2. The first kappa shape index (κ1) is 19.8. The van der Waals surface area contributed by atoms with Crippen molar-refractivity contribution in [1.82, 2.24) is 4.90 Å². The summed E-state index contributed by atoms with van der Waals surface area (Å²) in [5.74, 6) is 1.42. The summed E-state index contributed by atoms with van der Waals surface area (Å²) in [4.78, 5) is 17.8. The maximum Gasteiger partial charge on any atom is 0.411 e. The maximum absolute atomic E-state index is 11.8. The number of hydrogen-bond donors (Lipinski definition) is 1. The number of nitrogens with zero attached hydrogens (tertiary/aromatic N) is 3. The fourth-order valence-corrected chi connectivity index (χ4v) is 3.44. The van der Waals surface area contributed by atoms with E-state index in [0.717, 1.165) is 31.9 Å². The molecular weight excluding hydrogens is 358 g/mol. The Bertz CT molecular complexity index is 773. The highest BCUT2D eigenvalue weighted by molar-refractivity contribution is 5.88. The Morgan fingerprint density at radius 1 is 1.00 bits per heavy atom. The molecule has 0 radical (unpaired) electrons. The quantitative estimate of drug-likeness (QED) is 0.790. The molecule has 0 atom stereocenters. The zero-order valence-corrected chi connectivity index (χ0v) is 16.4. The van der Waals surface area contributed by atoms with Gasteiger partial charge in [0.15, 0.2) is 0 Å². The number of carboxylic acid groups (broad SMARTS) is 1. The SMILES string of the molecule is COc1ccc(N2CCN(CCN(C(=O)O)c3ccccc3OC)CC2)cc1. The van der Waals surface area contributed by atoms with Crippen LogP contribution in [0.1, 0.15) is 0 Å². The summed E-state index contributed by atoms with van der Waals surface area (Å²) in [7, 11) is 3.22. The van der Waals surface area contributed by atoms with Crippen LogP contribution in [0.5, 0.6) is 11.5 Å². The van der Waals surface area contributed by atoms with Gasteiger partial charge in [0.2, 0.25) is 0 Å². The van der Waals surface area contributed by atoms with Crippen molar-refractivity contribution in [1.29, 1.82) is 0 Å². The third-order valence-corrected chi connectivity index (χ3v) is 5.06. The molecule has 1 fully saturated rings. The molecule has 2 aromatic carbocycles. The van der Waals surface area contributed by atoms with Crippen LogP contribution < -0.4 is 19.3 Å². The van der Waals surface area contributed by atoms with E-state index in [2.05, 4.69) is 21.9 Å². The minimum absolute atomic E-state index is 0.401. The number of anilines is 2. The van der Waals surface area contributed by atoms with E-state index in [4.69, 9.17) is 9.47 Å². The molecule has 0 bridgehead atoms. The van der Waals surface area contributed by atoms with E-state index in [1.165, 1.54) is 10.6 Å². The number of hydrogen-bond acceptors (Lipinski definition) is 5. The Morgan fingerprint density at radius 3 is 2.29 bits per heavy atom. The van der Waals surface area contributed by atoms with E-state index in [1.54, 1.807) is 26.4 Å². The molecule has 3 rings (SSSR count). The van der Waals surface area contributed by atoms with Crippen molar-refractivity contribution in [2.75, 3.05) is 63.3 Å². The van der Waals surface area contributed by atoms with Crippen molar-refractivity contribution in [3.63, 3.8) is 0 Å². The van der Waals surface area contributed by atoms with Crippen molar-refractivity contribution in [2.24, 2.45) is 0 Å². The molecule has 0 aromatic heterocycles. The van der Waals surface area contributed by atoms with Gasteiger partial charge in [-0.3, -0.25) is 9.80 Å². The number of ether oxygens (including phenoxy) is 2. The minimum atomic E-state index is -0.971. The second kappa shape index (κ2) is 9.32. The molecule has 1 aliphatic heterocycles. The third kappa shape index (κ3) is 4.67. The van der Waals surface area contributed by atoms with E-state index >= 15 is 0 Å². The number of methoxy groups -OCH3 is 2. The van der Waals surface area contributed by atoms with Crippen molar-refractivity contribution in [3.05, 3.63) is 48.5 Å². The summed E-state index contributed by atoms with van der Waals surface area (Å²) in [6.45, 7) is 4.69. The Morgan fingerprint density at radius 2 is 1.68 bits per heavy atom. The van der Waals surface area contributed by atoms with E-state index in [-0.39, 0.29) is 0 Å². The molecule has 2 aromatic rings. The molecule has 0 spiro atoms. The van der Waals surface area contributed by atoms with Gasteiger partial charge in [-0.15, -0.1) is 0 Å². The van der Waals surface area contributed by atoms with Crippen LogP contribution in [0.15, 0.2) is 48.5 Å². The largest absolute Gasteiger partial charge is 0.497 e. The summed E-state index contributed by atoms with van der Waals surface area (Å²) in [5.41, 5.74) is 1.76. The molecule has 0 unspecified atom stereocenters. The molecule has 1 heterocycles. The normalized spacial score (nSPS) is 14.6. The zero-order valence-electron chi connectivity index (χ0n) is 16.4. The monoisotopic (exact) mass is 385 g/mol. The number of benzene rings is 2. The Hall–Kier alpha value is -2.93. The van der Waals surface area contributed by atoms with E-state index in [9.17, 15) is 9.90 Å². The molecule has 0 aliphatic carbocycles. The van der Waals surface area contributed by atoms with Crippen LogP contribution in [0.25, 0.3) is 0 Å². The van der Waals surface area contributed by atoms with Crippen LogP contribution in [0.3, 0.4) is 0 Å². The van der Waals surface area contributed by atoms with Gasteiger partial charge in [-0.2, -0.15) is 0 Å². The van der Waals surface area contributed by atoms with Gasteiger partial charge in [-0.25, -0.2) is 4.79 Å². The van der Waals surface area contributed by atoms with E-state index < -0.39 is 6.09 Å². The summed E-state index contributed by atoms with van der Waals surface area (Å²) < 4.78 is 10.5. The minimum Gasteiger partial charge on any atom is -0.497 e. The van der Waals surface area contributed by atoms with E-state index in [1.807, 2.05) is 24.3 Å². The average Bonchev–Trinajstić information content (AvgIpc) is 2.74. The van der Waals surface area contributed by atoms with Gasteiger partial charge in [0.25, 0.3) is 0 Å². The fraction of sp³-hybridized carbons (Fsp3) is 0.381.